The Kier molecular flexibility index (Phi) is 4.27. The van der Waals surface area contributed by atoms with Crippen LogP contribution in [0.15, 0.2) is 12.4 Å². The number of hydrogen-bond donors (Lipinski definition) is 1. The van der Waals surface area contributed by atoms with Crippen molar-refractivity contribution in [2.24, 2.45) is 5.41 Å². The molecule has 1 N–H and O–H groups in total. The first-order valence-electron chi connectivity index (χ1n) is 6.87. The molecule has 18 heavy (non-hydrogen) atoms. The minimum atomic E-state index is 0.458. The van der Waals surface area contributed by atoms with Gasteiger partial charge in [0, 0.05) is 32.1 Å². The van der Waals surface area contributed by atoms with Crippen molar-refractivity contribution in [1.29, 1.82) is 0 Å². The van der Waals surface area contributed by atoms with Crippen LogP contribution in [0.2, 0.25) is 0 Å². The van der Waals surface area contributed by atoms with Gasteiger partial charge in [0.2, 0.25) is 5.95 Å². The minimum Gasteiger partial charge on any atom is -0.383 e. The number of ether oxygens (including phenoxy) is 1. The maximum Gasteiger partial charge on any atom is 0.203 e. The van der Waals surface area contributed by atoms with E-state index < -0.39 is 0 Å². The third kappa shape index (κ3) is 3.48. The number of imidazole rings is 1. The van der Waals surface area contributed by atoms with Gasteiger partial charge in [0.25, 0.3) is 0 Å². The van der Waals surface area contributed by atoms with Gasteiger partial charge in [-0.15, -0.1) is 0 Å². The van der Waals surface area contributed by atoms with Crippen LogP contribution in [0.1, 0.15) is 39.5 Å². The Balaban J connectivity index is 1.94. The van der Waals surface area contributed by atoms with Crippen LogP contribution in [0.25, 0.3) is 0 Å². The number of anilines is 1. The van der Waals surface area contributed by atoms with Gasteiger partial charge in [-0.05, 0) is 24.7 Å². The highest BCUT2D eigenvalue weighted by Crippen LogP contribution is 2.36. The van der Waals surface area contributed by atoms with E-state index in [1.165, 1.54) is 25.7 Å². The zero-order chi connectivity index (χ0) is 13.0. The monoisotopic (exact) mass is 251 g/mol. The van der Waals surface area contributed by atoms with Gasteiger partial charge < -0.3 is 14.6 Å². The number of aromatic nitrogens is 2. The fourth-order valence-electron chi connectivity index (χ4n) is 2.82. The number of rotatable bonds is 5. The lowest BCUT2D eigenvalue weighted by molar-refractivity contribution is 0.187. The molecule has 1 saturated carbocycles. The predicted molar refractivity (Wildman–Crippen MR) is 73.8 cm³/mol. The van der Waals surface area contributed by atoms with Crippen molar-refractivity contribution < 1.29 is 4.74 Å². The molecule has 1 aromatic heterocycles. The second-order valence-corrected chi connectivity index (χ2v) is 6.04. The summed E-state index contributed by atoms with van der Waals surface area (Å²) in [6.45, 7) is 6.30. The van der Waals surface area contributed by atoms with E-state index in [9.17, 15) is 0 Å². The summed E-state index contributed by atoms with van der Waals surface area (Å²) >= 11 is 0. The summed E-state index contributed by atoms with van der Waals surface area (Å²) < 4.78 is 7.25. The van der Waals surface area contributed by atoms with Gasteiger partial charge in [-0.3, -0.25) is 0 Å². The fraction of sp³-hybridized carbons (Fsp3) is 0.786. The zero-order valence-electron chi connectivity index (χ0n) is 11.8. The summed E-state index contributed by atoms with van der Waals surface area (Å²) in [4.78, 5) is 4.41. The molecule has 1 unspecified atom stereocenters. The maximum atomic E-state index is 5.12. The Hall–Kier alpha value is -1.03. The molecule has 1 atom stereocenters. The predicted octanol–water partition coefficient (Wildman–Crippen LogP) is 2.91. The number of nitrogens with zero attached hydrogens (tertiary/aromatic N) is 2. The Bertz CT molecular complexity index is 373. The first-order valence-corrected chi connectivity index (χ1v) is 6.87. The molecule has 1 aliphatic rings. The van der Waals surface area contributed by atoms with E-state index in [1.807, 2.05) is 12.4 Å². The van der Waals surface area contributed by atoms with Crippen molar-refractivity contribution in [2.45, 2.75) is 52.1 Å². The lowest BCUT2D eigenvalue weighted by Gasteiger charge is -2.35. The minimum absolute atomic E-state index is 0.458. The van der Waals surface area contributed by atoms with Crippen molar-refractivity contribution in [3.63, 3.8) is 0 Å². The van der Waals surface area contributed by atoms with E-state index in [-0.39, 0.29) is 0 Å². The van der Waals surface area contributed by atoms with Crippen molar-refractivity contribution in [3.8, 4) is 0 Å². The van der Waals surface area contributed by atoms with E-state index in [1.54, 1.807) is 7.11 Å². The van der Waals surface area contributed by atoms with Crippen LogP contribution < -0.4 is 5.32 Å². The van der Waals surface area contributed by atoms with Gasteiger partial charge in [-0.1, -0.05) is 20.3 Å². The molecule has 4 nitrogen and oxygen atoms in total. The maximum absolute atomic E-state index is 5.12. The lowest BCUT2D eigenvalue weighted by atomic mass is 9.75. The molecule has 0 aromatic carbocycles. The van der Waals surface area contributed by atoms with Gasteiger partial charge in [-0.2, -0.15) is 0 Å². The highest BCUT2D eigenvalue weighted by molar-refractivity contribution is 5.28. The van der Waals surface area contributed by atoms with Crippen molar-refractivity contribution >= 4 is 5.95 Å². The molecule has 1 heterocycles. The number of hydrogen-bond acceptors (Lipinski definition) is 3. The van der Waals surface area contributed by atoms with Crippen LogP contribution in [0.4, 0.5) is 5.95 Å². The number of nitrogens with one attached hydrogen (secondary N) is 1. The summed E-state index contributed by atoms with van der Waals surface area (Å²) in [6, 6.07) is 0.553. The molecule has 0 bridgehead atoms. The Morgan fingerprint density at radius 3 is 3.11 bits per heavy atom. The van der Waals surface area contributed by atoms with Gasteiger partial charge in [-0.25, -0.2) is 4.98 Å². The first kappa shape index (κ1) is 13.4. The third-order valence-electron chi connectivity index (χ3n) is 3.79. The molecule has 1 aliphatic carbocycles. The second kappa shape index (κ2) is 5.74. The van der Waals surface area contributed by atoms with E-state index in [0.29, 0.717) is 11.5 Å². The van der Waals surface area contributed by atoms with E-state index in [2.05, 4.69) is 28.7 Å². The summed E-state index contributed by atoms with van der Waals surface area (Å²) in [7, 11) is 1.73. The van der Waals surface area contributed by atoms with Gasteiger partial charge in [0.15, 0.2) is 0 Å². The van der Waals surface area contributed by atoms with Gasteiger partial charge >= 0.3 is 0 Å². The quantitative estimate of drug-likeness (QED) is 0.874. The summed E-state index contributed by atoms with van der Waals surface area (Å²) in [5, 5.41) is 3.59. The molecule has 0 aliphatic heterocycles. The number of methoxy groups -OCH3 is 1. The average molecular weight is 251 g/mol. The highest BCUT2D eigenvalue weighted by Gasteiger charge is 2.28. The first-order chi connectivity index (χ1) is 8.61. The molecule has 1 fully saturated rings. The molecular formula is C14H25N3O. The van der Waals surface area contributed by atoms with Crippen molar-refractivity contribution in [2.75, 3.05) is 19.0 Å². The third-order valence-corrected chi connectivity index (χ3v) is 3.79. The molecule has 102 valence electrons. The summed E-state index contributed by atoms with van der Waals surface area (Å²) in [6.07, 6.45) is 8.98. The smallest absolute Gasteiger partial charge is 0.203 e. The lowest BCUT2D eigenvalue weighted by Crippen LogP contribution is -2.32. The largest absolute Gasteiger partial charge is 0.383 e. The van der Waals surface area contributed by atoms with Crippen LogP contribution in [0.3, 0.4) is 0 Å². The Morgan fingerprint density at radius 1 is 1.56 bits per heavy atom. The normalized spacial score (nSPS) is 22.9. The van der Waals surface area contributed by atoms with Crippen LogP contribution in [0.5, 0.6) is 0 Å². The molecule has 2 rings (SSSR count). The standard InChI is InChI=1S/C14H25N3O/c1-14(2)6-4-5-12(11-14)16-13-15-7-8-17(13)9-10-18-3/h7-8,12H,4-6,9-11H2,1-3H3,(H,15,16). The Morgan fingerprint density at radius 2 is 2.39 bits per heavy atom. The fourth-order valence-corrected chi connectivity index (χ4v) is 2.82. The van der Waals surface area contributed by atoms with Crippen LogP contribution in [-0.2, 0) is 11.3 Å². The topological polar surface area (TPSA) is 39.1 Å². The summed E-state index contributed by atoms with van der Waals surface area (Å²) in [5.41, 5.74) is 0.458. The molecular weight excluding hydrogens is 226 g/mol. The van der Waals surface area contributed by atoms with Crippen molar-refractivity contribution in [1.82, 2.24) is 9.55 Å². The van der Waals surface area contributed by atoms with Crippen LogP contribution in [-0.4, -0.2) is 29.3 Å². The van der Waals surface area contributed by atoms with E-state index in [4.69, 9.17) is 4.74 Å². The SMILES string of the molecule is COCCn1ccnc1NC1CCCC(C)(C)C1. The van der Waals surface area contributed by atoms with Crippen molar-refractivity contribution in [3.05, 3.63) is 12.4 Å². The van der Waals surface area contributed by atoms with Gasteiger partial charge in [0.05, 0.1) is 6.61 Å². The molecule has 0 spiro atoms. The van der Waals surface area contributed by atoms with E-state index >= 15 is 0 Å². The van der Waals surface area contributed by atoms with E-state index in [0.717, 1.165) is 19.1 Å². The van der Waals surface area contributed by atoms with Gasteiger partial charge in [0.1, 0.15) is 0 Å². The van der Waals surface area contributed by atoms with Crippen LogP contribution >= 0.6 is 0 Å². The second-order valence-electron chi connectivity index (χ2n) is 6.04. The molecule has 0 radical (unpaired) electrons. The molecule has 0 amide bonds. The molecule has 0 saturated heterocycles. The van der Waals surface area contributed by atoms with Crippen LogP contribution in [0, 0.1) is 5.41 Å². The molecule has 4 heteroatoms. The highest BCUT2D eigenvalue weighted by atomic mass is 16.5. The average Bonchev–Trinajstić information content (AvgIpc) is 2.72. The zero-order valence-corrected chi connectivity index (χ0v) is 11.8. The summed E-state index contributed by atoms with van der Waals surface area (Å²) in [5.74, 6) is 0.981. The molecule has 1 aromatic rings. The Labute approximate surface area is 110 Å².